The lowest BCUT2D eigenvalue weighted by Crippen LogP contribution is -2.47. The molecule has 1 aromatic rings. The van der Waals surface area contributed by atoms with Crippen molar-refractivity contribution >= 4 is 28.9 Å². The van der Waals surface area contributed by atoms with E-state index in [1.54, 1.807) is 12.1 Å². The number of benzene rings is 1. The third-order valence-corrected chi connectivity index (χ3v) is 7.81. The van der Waals surface area contributed by atoms with E-state index in [0.717, 1.165) is 45.1 Å². The van der Waals surface area contributed by atoms with Gasteiger partial charge in [0.2, 0.25) is 11.8 Å². The highest BCUT2D eigenvalue weighted by molar-refractivity contribution is 6.22. The van der Waals surface area contributed by atoms with Gasteiger partial charge in [0.15, 0.2) is 0 Å². The minimum absolute atomic E-state index is 0.00851. The Morgan fingerprint density at radius 2 is 1.50 bits per heavy atom. The zero-order valence-corrected chi connectivity index (χ0v) is 17.3. The predicted octanol–water partition coefficient (Wildman–Crippen LogP) is 4.43. The van der Waals surface area contributed by atoms with Crippen LogP contribution in [-0.2, 0) is 9.59 Å². The third kappa shape index (κ3) is 3.10. The van der Waals surface area contributed by atoms with Crippen molar-refractivity contribution in [1.29, 1.82) is 0 Å². The number of fused-ring (bicyclic) bond motifs is 2. The summed E-state index contributed by atoms with van der Waals surface area (Å²) < 4.78 is 0. The van der Waals surface area contributed by atoms with E-state index in [9.17, 15) is 19.7 Å². The second kappa shape index (κ2) is 7.67. The highest BCUT2D eigenvalue weighted by Crippen LogP contribution is 2.44. The Morgan fingerprint density at radius 3 is 2.20 bits per heavy atom. The van der Waals surface area contributed by atoms with Gasteiger partial charge in [0.25, 0.3) is 5.69 Å². The molecule has 2 saturated heterocycles. The number of rotatable bonds is 3. The van der Waals surface area contributed by atoms with Crippen molar-refractivity contribution < 1.29 is 14.5 Å². The van der Waals surface area contributed by atoms with Crippen LogP contribution in [0.2, 0.25) is 0 Å². The van der Waals surface area contributed by atoms with Crippen LogP contribution in [0.5, 0.6) is 0 Å². The molecule has 0 unspecified atom stereocenters. The molecule has 7 nitrogen and oxygen atoms in total. The molecular formula is C23H29N3O4. The molecule has 0 bridgehead atoms. The van der Waals surface area contributed by atoms with E-state index in [1.165, 1.54) is 36.6 Å². The molecule has 0 radical (unpaired) electrons. The van der Waals surface area contributed by atoms with Gasteiger partial charge in [-0.1, -0.05) is 25.7 Å². The quantitative estimate of drug-likeness (QED) is 0.417. The molecule has 0 N–H and O–H groups in total. The van der Waals surface area contributed by atoms with Gasteiger partial charge < -0.3 is 4.90 Å². The Balaban J connectivity index is 1.49. The number of amides is 2. The average Bonchev–Trinajstić information content (AvgIpc) is 3.03. The van der Waals surface area contributed by atoms with E-state index in [0.29, 0.717) is 23.3 Å². The minimum Gasteiger partial charge on any atom is -0.363 e. The van der Waals surface area contributed by atoms with Crippen LogP contribution in [-0.4, -0.2) is 29.3 Å². The number of carbonyl (C=O) groups is 2. The number of hydrogen-bond donors (Lipinski definition) is 0. The van der Waals surface area contributed by atoms with Gasteiger partial charge >= 0.3 is 0 Å². The largest absolute Gasteiger partial charge is 0.363 e. The highest BCUT2D eigenvalue weighted by Gasteiger charge is 2.49. The smallest absolute Gasteiger partial charge is 0.294 e. The second-order valence-electron chi connectivity index (χ2n) is 9.39. The van der Waals surface area contributed by atoms with Gasteiger partial charge in [0.1, 0.15) is 5.69 Å². The summed E-state index contributed by atoms with van der Waals surface area (Å²) in [6.07, 6.45) is 10.4. The van der Waals surface area contributed by atoms with Gasteiger partial charge in [0, 0.05) is 18.7 Å². The number of hydrogen-bond acceptors (Lipinski definition) is 5. The van der Waals surface area contributed by atoms with Gasteiger partial charge in [-0.05, 0) is 56.6 Å². The summed E-state index contributed by atoms with van der Waals surface area (Å²) in [6.45, 7) is 0.826. The molecule has 30 heavy (non-hydrogen) atoms. The summed E-state index contributed by atoms with van der Waals surface area (Å²) in [5.41, 5.74) is 0.998. The van der Waals surface area contributed by atoms with Crippen molar-refractivity contribution in [3.05, 3.63) is 28.3 Å². The fraction of sp³-hybridized carbons (Fsp3) is 0.652. The van der Waals surface area contributed by atoms with E-state index >= 15 is 0 Å². The molecule has 2 aliphatic carbocycles. The molecule has 4 aliphatic rings. The van der Waals surface area contributed by atoms with Crippen molar-refractivity contribution in [3.63, 3.8) is 0 Å². The Bertz CT molecular complexity index is 859. The van der Waals surface area contributed by atoms with E-state index in [4.69, 9.17) is 0 Å². The van der Waals surface area contributed by atoms with E-state index in [2.05, 4.69) is 4.90 Å². The number of imide groups is 1. The number of piperidine rings is 1. The first-order valence-electron chi connectivity index (χ1n) is 11.5. The molecule has 7 heteroatoms. The Morgan fingerprint density at radius 1 is 0.867 bits per heavy atom. The van der Waals surface area contributed by atoms with E-state index in [-0.39, 0.29) is 34.3 Å². The van der Waals surface area contributed by atoms with Crippen LogP contribution in [0.1, 0.15) is 64.2 Å². The third-order valence-electron chi connectivity index (χ3n) is 7.81. The molecule has 160 valence electrons. The lowest BCUT2D eigenvalue weighted by Gasteiger charge is -2.45. The zero-order chi connectivity index (χ0) is 20.8. The first-order chi connectivity index (χ1) is 14.6. The van der Waals surface area contributed by atoms with Crippen molar-refractivity contribution in [3.8, 4) is 0 Å². The monoisotopic (exact) mass is 411 g/mol. The lowest BCUT2D eigenvalue weighted by atomic mass is 9.78. The SMILES string of the molecule is O=C1[C@H]2CCCC[C@H]2C(=O)N1c1ccc(N2CCC[C@H]3CCCC[C@@H]32)c([N+](=O)[O-])c1. The Hall–Kier alpha value is -2.44. The van der Waals surface area contributed by atoms with Gasteiger partial charge in [-0.25, -0.2) is 4.90 Å². The fourth-order valence-corrected chi connectivity index (χ4v) is 6.38. The van der Waals surface area contributed by atoms with Crippen LogP contribution in [0.25, 0.3) is 0 Å². The summed E-state index contributed by atoms with van der Waals surface area (Å²) in [7, 11) is 0. The average molecular weight is 412 g/mol. The molecule has 1 aromatic carbocycles. The van der Waals surface area contributed by atoms with Crippen molar-refractivity contribution in [2.24, 2.45) is 17.8 Å². The minimum atomic E-state index is -0.358. The fourth-order valence-electron chi connectivity index (χ4n) is 6.38. The Labute approximate surface area is 176 Å². The molecule has 4 fully saturated rings. The van der Waals surface area contributed by atoms with Crippen LogP contribution in [0.4, 0.5) is 17.1 Å². The number of anilines is 2. The Kier molecular flexibility index (Phi) is 4.99. The van der Waals surface area contributed by atoms with Crippen LogP contribution in [0, 0.1) is 27.9 Å². The predicted molar refractivity (Wildman–Crippen MR) is 113 cm³/mol. The van der Waals surface area contributed by atoms with Gasteiger partial charge in [0.05, 0.1) is 22.4 Å². The molecule has 0 spiro atoms. The van der Waals surface area contributed by atoms with Crippen LogP contribution < -0.4 is 9.80 Å². The summed E-state index contributed by atoms with van der Waals surface area (Å²) >= 11 is 0. The molecular weight excluding hydrogens is 382 g/mol. The van der Waals surface area contributed by atoms with Gasteiger partial charge in [-0.3, -0.25) is 19.7 Å². The van der Waals surface area contributed by atoms with Crippen molar-refractivity contribution in [1.82, 2.24) is 0 Å². The maximum Gasteiger partial charge on any atom is 0.294 e. The molecule has 2 amide bonds. The van der Waals surface area contributed by atoms with Gasteiger partial charge in [-0.2, -0.15) is 0 Å². The maximum atomic E-state index is 12.9. The van der Waals surface area contributed by atoms with Crippen molar-refractivity contribution in [2.75, 3.05) is 16.3 Å². The zero-order valence-electron chi connectivity index (χ0n) is 17.3. The van der Waals surface area contributed by atoms with E-state index < -0.39 is 0 Å². The first kappa shape index (κ1) is 19.5. The number of nitro benzene ring substituents is 1. The molecule has 2 heterocycles. The molecule has 5 rings (SSSR count). The van der Waals surface area contributed by atoms with Gasteiger partial charge in [-0.15, -0.1) is 0 Å². The highest BCUT2D eigenvalue weighted by atomic mass is 16.6. The van der Waals surface area contributed by atoms with Crippen LogP contribution in [0.3, 0.4) is 0 Å². The van der Waals surface area contributed by atoms with Crippen LogP contribution >= 0.6 is 0 Å². The van der Waals surface area contributed by atoms with Crippen LogP contribution in [0.15, 0.2) is 18.2 Å². The molecule has 2 aliphatic heterocycles. The normalized spacial score (nSPS) is 31.5. The summed E-state index contributed by atoms with van der Waals surface area (Å²) in [5, 5.41) is 12.0. The number of nitro groups is 1. The molecule has 0 aromatic heterocycles. The van der Waals surface area contributed by atoms with E-state index in [1.807, 2.05) is 0 Å². The molecule has 2 saturated carbocycles. The number of nitrogens with zero attached hydrogens (tertiary/aromatic N) is 3. The summed E-state index contributed by atoms with van der Waals surface area (Å²) in [5.74, 6) is -0.268. The first-order valence-corrected chi connectivity index (χ1v) is 11.5. The standard InChI is InChI=1S/C23H29N3O4/c27-22-17-8-2-3-9-18(17)23(28)25(22)16-11-12-20(21(14-16)26(29)30)24-13-5-7-15-6-1-4-10-19(15)24/h11-12,14-15,17-19H,1-10,13H2/t15-,17-,18+,19+/m1/s1. The maximum absolute atomic E-state index is 12.9. The summed E-state index contributed by atoms with van der Waals surface area (Å²) in [6, 6.07) is 5.32. The topological polar surface area (TPSA) is 83.8 Å². The molecule has 4 atom stereocenters. The van der Waals surface area contributed by atoms with Crippen molar-refractivity contribution in [2.45, 2.75) is 70.3 Å². The lowest BCUT2D eigenvalue weighted by molar-refractivity contribution is -0.384. The second-order valence-corrected chi connectivity index (χ2v) is 9.39. The summed E-state index contributed by atoms with van der Waals surface area (Å²) in [4.78, 5) is 40.9. The number of carbonyl (C=O) groups excluding carboxylic acids is 2.